The van der Waals surface area contributed by atoms with Gasteiger partial charge in [-0.2, -0.15) is 0 Å². The van der Waals surface area contributed by atoms with Crippen LogP contribution in [0.2, 0.25) is 0 Å². The lowest BCUT2D eigenvalue weighted by molar-refractivity contribution is -0.146. The molecule has 0 spiro atoms. The van der Waals surface area contributed by atoms with E-state index in [0.29, 0.717) is 49.4 Å². The van der Waals surface area contributed by atoms with Gasteiger partial charge in [-0.05, 0) is 73.1 Å². The fourth-order valence-corrected chi connectivity index (χ4v) is 6.01. The first-order valence-electron chi connectivity index (χ1n) is 12.2. The predicted molar refractivity (Wildman–Crippen MR) is 134 cm³/mol. The Bertz CT molecular complexity index is 1030. The maximum Gasteiger partial charge on any atom is 0.245 e. The van der Waals surface area contributed by atoms with Gasteiger partial charge in [0.1, 0.15) is 11.8 Å². The monoisotopic (exact) mass is 496 g/mol. The Morgan fingerprint density at radius 2 is 1.60 bits per heavy atom. The van der Waals surface area contributed by atoms with Crippen molar-refractivity contribution in [1.82, 2.24) is 9.80 Å². The van der Waals surface area contributed by atoms with E-state index in [-0.39, 0.29) is 23.4 Å². The number of Topliss-reactive ketones (excluding diaryl/α,β-unsaturated/α-hetero) is 1. The van der Waals surface area contributed by atoms with Crippen molar-refractivity contribution >= 4 is 28.8 Å². The van der Waals surface area contributed by atoms with E-state index in [0.717, 1.165) is 18.4 Å². The normalized spacial score (nSPS) is 20.6. The number of nitrogens with zero attached hydrogens (tertiary/aromatic N) is 2. The summed E-state index contributed by atoms with van der Waals surface area (Å²) in [5.74, 6) is 0.161. The molecular formula is C27H32N2O5S. The van der Waals surface area contributed by atoms with Gasteiger partial charge >= 0.3 is 0 Å². The highest BCUT2D eigenvalue weighted by Crippen LogP contribution is 2.27. The quantitative estimate of drug-likeness (QED) is 0.498. The Morgan fingerprint density at radius 3 is 2.29 bits per heavy atom. The molecule has 35 heavy (non-hydrogen) atoms. The van der Waals surface area contributed by atoms with E-state index in [1.807, 2.05) is 30.3 Å². The highest BCUT2D eigenvalue weighted by atomic mass is 32.2. The zero-order chi connectivity index (χ0) is 24.8. The molecule has 0 aliphatic carbocycles. The van der Waals surface area contributed by atoms with Gasteiger partial charge in [0.2, 0.25) is 17.6 Å². The number of rotatable bonds is 9. The SMILES string of the molecule is COc1ccc([S+]([O-])CC(=O)[C@@H]2CCCN2C(=O)[C@H]2CCCN2C(=O)CCc2ccccc2)cc1. The molecule has 2 heterocycles. The third-order valence-corrected chi connectivity index (χ3v) is 8.18. The van der Waals surface area contributed by atoms with Gasteiger partial charge in [-0.1, -0.05) is 30.3 Å². The van der Waals surface area contributed by atoms with Crippen molar-refractivity contribution in [3.8, 4) is 5.75 Å². The van der Waals surface area contributed by atoms with Crippen molar-refractivity contribution in [3.63, 3.8) is 0 Å². The van der Waals surface area contributed by atoms with E-state index in [4.69, 9.17) is 4.74 Å². The Balaban J connectivity index is 1.36. The van der Waals surface area contributed by atoms with Gasteiger partial charge in [-0.15, -0.1) is 0 Å². The molecule has 0 radical (unpaired) electrons. The molecular weight excluding hydrogens is 464 g/mol. The van der Waals surface area contributed by atoms with E-state index in [2.05, 4.69) is 0 Å². The highest BCUT2D eigenvalue weighted by Gasteiger charge is 2.42. The first kappa shape index (κ1) is 25.3. The summed E-state index contributed by atoms with van der Waals surface area (Å²) in [4.78, 5) is 43.4. The van der Waals surface area contributed by atoms with Crippen LogP contribution < -0.4 is 4.74 Å². The van der Waals surface area contributed by atoms with Gasteiger partial charge in [0, 0.05) is 19.5 Å². The van der Waals surface area contributed by atoms with Crippen molar-refractivity contribution in [1.29, 1.82) is 0 Å². The molecule has 2 aliphatic rings. The second-order valence-electron chi connectivity index (χ2n) is 9.05. The molecule has 2 amide bonds. The minimum atomic E-state index is -1.49. The van der Waals surface area contributed by atoms with E-state index in [1.165, 1.54) is 0 Å². The van der Waals surface area contributed by atoms with Crippen molar-refractivity contribution in [3.05, 3.63) is 60.2 Å². The maximum atomic E-state index is 13.5. The largest absolute Gasteiger partial charge is 0.611 e. The standard InChI is InChI=1S/C27H32N2O5S/c1-34-21-12-14-22(15-13-21)35(33)19-25(30)23-9-5-18-29(23)27(32)24-10-6-17-28(24)26(31)16-11-20-7-3-2-4-8-20/h2-4,7-8,12-15,23-24H,5-6,9-11,16-19H2,1H3/t23-,24+,35?/m0/s1. The molecule has 186 valence electrons. The third kappa shape index (κ3) is 6.05. The number of carbonyl (C=O) groups excluding carboxylic acids is 3. The molecule has 2 aliphatic heterocycles. The minimum Gasteiger partial charge on any atom is -0.611 e. The summed E-state index contributed by atoms with van der Waals surface area (Å²) in [6, 6.07) is 15.6. The predicted octanol–water partition coefficient (Wildman–Crippen LogP) is 2.99. The topological polar surface area (TPSA) is 90.0 Å². The van der Waals surface area contributed by atoms with Crippen molar-refractivity contribution in [2.24, 2.45) is 0 Å². The summed E-state index contributed by atoms with van der Waals surface area (Å²) in [5, 5.41) is 0. The van der Waals surface area contributed by atoms with Gasteiger partial charge in [0.25, 0.3) is 0 Å². The average Bonchev–Trinajstić information content (AvgIpc) is 3.58. The van der Waals surface area contributed by atoms with Crippen LogP contribution in [0.25, 0.3) is 0 Å². The first-order chi connectivity index (χ1) is 17.0. The molecule has 0 saturated carbocycles. The lowest BCUT2D eigenvalue weighted by Gasteiger charge is -2.31. The molecule has 2 aromatic carbocycles. The summed E-state index contributed by atoms with van der Waals surface area (Å²) in [6.07, 6.45) is 3.69. The smallest absolute Gasteiger partial charge is 0.245 e. The summed E-state index contributed by atoms with van der Waals surface area (Å²) in [6.45, 7) is 1.06. The van der Waals surface area contributed by atoms with Crippen molar-refractivity contribution in [2.75, 3.05) is 26.0 Å². The van der Waals surface area contributed by atoms with Gasteiger partial charge < -0.3 is 19.1 Å². The Kier molecular flexibility index (Phi) is 8.46. The molecule has 0 N–H and O–H groups in total. The molecule has 1 unspecified atom stereocenters. The van der Waals surface area contributed by atoms with Crippen LogP contribution in [-0.2, 0) is 32.0 Å². The van der Waals surface area contributed by atoms with Crippen LogP contribution in [0.1, 0.15) is 37.7 Å². The lowest BCUT2D eigenvalue weighted by atomic mass is 10.1. The highest BCUT2D eigenvalue weighted by molar-refractivity contribution is 7.92. The second kappa shape index (κ2) is 11.7. The number of amides is 2. The molecule has 2 aromatic rings. The lowest BCUT2D eigenvalue weighted by Crippen LogP contribution is -2.51. The average molecular weight is 497 g/mol. The number of benzene rings is 2. The van der Waals surface area contributed by atoms with E-state index >= 15 is 0 Å². The van der Waals surface area contributed by atoms with Crippen molar-refractivity contribution < 1.29 is 23.7 Å². The Hall–Kier alpha value is -2.84. The fourth-order valence-electron chi connectivity index (χ4n) is 4.95. The van der Waals surface area contributed by atoms with Gasteiger partial charge in [0.05, 0.1) is 13.2 Å². The molecule has 8 heteroatoms. The Morgan fingerprint density at radius 1 is 0.943 bits per heavy atom. The third-order valence-electron chi connectivity index (χ3n) is 6.83. The molecule has 3 atom stereocenters. The van der Waals surface area contributed by atoms with Crippen LogP contribution in [0, 0.1) is 0 Å². The maximum absolute atomic E-state index is 13.5. The zero-order valence-electron chi connectivity index (χ0n) is 20.1. The summed E-state index contributed by atoms with van der Waals surface area (Å²) in [5.41, 5.74) is 1.10. The molecule has 7 nitrogen and oxygen atoms in total. The summed E-state index contributed by atoms with van der Waals surface area (Å²) >= 11 is -1.49. The van der Waals surface area contributed by atoms with Crippen LogP contribution in [-0.4, -0.2) is 70.0 Å². The number of aryl methyl sites for hydroxylation is 1. The Labute approximate surface area is 209 Å². The number of hydrogen-bond donors (Lipinski definition) is 0. The van der Waals surface area contributed by atoms with Crippen LogP contribution in [0.3, 0.4) is 0 Å². The minimum absolute atomic E-state index is 0.0209. The zero-order valence-corrected chi connectivity index (χ0v) is 20.9. The molecule has 0 aromatic heterocycles. The van der Waals surface area contributed by atoms with Gasteiger partial charge in [-0.25, -0.2) is 0 Å². The van der Waals surface area contributed by atoms with Gasteiger partial charge in [-0.3, -0.25) is 14.4 Å². The first-order valence-corrected chi connectivity index (χ1v) is 13.5. The second-order valence-corrected chi connectivity index (χ2v) is 10.5. The molecule has 0 bridgehead atoms. The number of methoxy groups -OCH3 is 1. The number of likely N-dealkylation sites (tertiary alicyclic amines) is 2. The van der Waals surface area contributed by atoms with Crippen LogP contribution in [0.5, 0.6) is 5.75 Å². The van der Waals surface area contributed by atoms with Crippen LogP contribution in [0.15, 0.2) is 59.5 Å². The van der Waals surface area contributed by atoms with Crippen LogP contribution in [0.4, 0.5) is 0 Å². The number of hydrogen-bond acceptors (Lipinski definition) is 5. The number of carbonyl (C=O) groups is 3. The van der Waals surface area contributed by atoms with E-state index in [9.17, 15) is 18.9 Å². The van der Waals surface area contributed by atoms with E-state index < -0.39 is 23.3 Å². The molecule has 2 saturated heterocycles. The fraction of sp³-hybridized carbons (Fsp3) is 0.444. The van der Waals surface area contributed by atoms with Gasteiger partial charge in [0.15, 0.2) is 10.6 Å². The summed E-state index contributed by atoms with van der Waals surface area (Å²) < 4.78 is 17.9. The molecule has 4 rings (SSSR count). The summed E-state index contributed by atoms with van der Waals surface area (Å²) in [7, 11) is 1.56. The van der Waals surface area contributed by atoms with E-state index in [1.54, 1.807) is 41.2 Å². The van der Waals surface area contributed by atoms with Crippen LogP contribution >= 0.6 is 0 Å². The van der Waals surface area contributed by atoms with Crippen molar-refractivity contribution in [2.45, 2.75) is 55.5 Å². The molecule has 2 fully saturated rings. The number of ketones is 1. The number of ether oxygens (including phenoxy) is 1.